The van der Waals surface area contributed by atoms with E-state index in [0.29, 0.717) is 6.54 Å². The Labute approximate surface area is 90.8 Å². The molecule has 2 amide bonds. The minimum absolute atomic E-state index is 0.454. The third-order valence-electron chi connectivity index (χ3n) is 2.65. The maximum absolute atomic E-state index is 11.0. The first-order chi connectivity index (χ1) is 7.75. The van der Waals surface area contributed by atoms with E-state index in [-0.39, 0.29) is 0 Å². The minimum Gasteiger partial charge on any atom is -0.351 e. The number of pyridine rings is 1. The van der Waals surface area contributed by atoms with E-state index in [2.05, 4.69) is 15.2 Å². The molecule has 0 spiro atoms. The summed E-state index contributed by atoms with van der Waals surface area (Å²) in [6.45, 7) is 0.454. The van der Waals surface area contributed by atoms with E-state index in [1.165, 1.54) is 4.90 Å². The number of carbonyl (C=O) groups is 1. The van der Waals surface area contributed by atoms with Crippen LogP contribution in [0.4, 0.5) is 4.79 Å². The normalized spacial score (nSPS) is 14.1. The number of hydrogen-bond donors (Lipinski definition) is 2. The molecule has 0 bridgehead atoms. The number of urea groups is 1. The molecule has 3 heterocycles. The average Bonchev–Trinajstić information content (AvgIpc) is 2.76. The number of nitrogens with two attached hydrogens (primary N) is 1. The number of carbonyl (C=O) groups excluding carboxylic acids is 1. The maximum Gasteiger partial charge on any atom is 0.319 e. The molecule has 16 heavy (non-hydrogen) atoms. The molecule has 0 saturated heterocycles. The number of hydrogen-bond acceptors (Lipinski definition) is 3. The van der Waals surface area contributed by atoms with Gasteiger partial charge in [0.15, 0.2) is 5.65 Å². The average molecular weight is 215 g/mol. The van der Waals surface area contributed by atoms with E-state index >= 15 is 0 Å². The van der Waals surface area contributed by atoms with Crippen molar-refractivity contribution < 1.29 is 4.79 Å². The molecule has 3 N–H and O–H groups in total. The van der Waals surface area contributed by atoms with Crippen LogP contribution in [-0.4, -0.2) is 26.1 Å². The molecule has 1 aliphatic rings. The van der Waals surface area contributed by atoms with Gasteiger partial charge < -0.3 is 5.73 Å². The van der Waals surface area contributed by atoms with Crippen molar-refractivity contribution in [2.24, 2.45) is 5.73 Å². The fourth-order valence-electron chi connectivity index (χ4n) is 1.83. The summed E-state index contributed by atoms with van der Waals surface area (Å²) in [5.41, 5.74) is 7.97. The van der Waals surface area contributed by atoms with E-state index in [9.17, 15) is 4.79 Å². The second-order valence-corrected chi connectivity index (χ2v) is 3.61. The van der Waals surface area contributed by atoms with E-state index in [0.717, 1.165) is 22.2 Å². The lowest BCUT2D eigenvalue weighted by molar-refractivity contribution is 0.223. The van der Waals surface area contributed by atoms with Gasteiger partial charge in [0.05, 0.1) is 12.7 Å². The number of aromatic nitrogens is 3. The Hall–Kier alpha value is -2.37. The van der Waals surface area contributed by atoms with Gasteiger partial charge in [0.25, 0.3) is 0 Å². The molecule has 0 unspecified atom stereocenters. The molecule has 6 heteroatoms. The van der Waals surface area contributed by atoms with Crippen molar-refractivity contribution in [2.75, 3.05) is 0 Å². The van der Waals surface area contributed by atoms with Crippen LogP contribution >= 0.6 is 0 Å². The first kappa shape index (κ1) is 8.90. The topological polar surface area (TPSA) is 87.9 Å². The zero-order chi connectivity index (χ0) is 11.1. The van der Waals surface area contributed by atoms with Gasteiger partial charge in [0, 0.05) is 17.8 Å². The van der Waals surface area contributed by atoms with Crippen molar-refractivity contribution in [3.05, 3.63) is 29.7 Å². The van der Waals surface area contributed by atoms with Crippen LogP contribution in [0.15, 0.2) is 18.6 Å². The molecule has 1 aliphatic heterocycles. The van der Waals surface area contributed by atoms with Crippen LogP contribution < -0.4 is 5.73 Å². The maximum atomic E-state index is 11.0. The lowest BCUT2D eigenvalue weighted by Gasteiger charge is -2.21. The summed E-state index contributed by atoms with van der Waals surface area (Å²) in [4.78, 5) is 16.7. The van der Waals surface area contributed by atoms with Gasteiger partial charge in [-0.3, -0.25) is 10.00 Å². The van der Waals surface area contributed by atoms with Crippen molar-refractivity contribution in [1.82, 2.24) is 20.1 Å². The van der Waals surface area contributed by atoms with E-state index in [1.807, 2.05) is 6.08 Å². The zero-order valence-electron chi connectivity index (χ0n) is 8.34. The highest BCUT2D eigenvalue weighted by Crippen LogP contribution is 2.25. The van der Waals surface area contributed by atoms with E-state index in [4.69, 9.17) is 5.73 Å². The molecule has 0 aromatic carbocycles. The molecular formula is C10H9N5O. The van der Waals surface area contributed by atoms with E-state index in [1.54, 1.807) is 18.6 Å². The fraction of sp³-hybridized carbons (Fsp3) is 0.100. The van der Waals surface area contributed by atoms with Crippen molar-refractivity contribution in [2.45, 2.75) is 6.54 Å². The third-order valence-corrected chi connectivity index (χ3v) is 2.65. The standard InChI is InChI=1S/C10H9N5O/c11-10(16)15-2-1-7-6(5-15)3-12-9-8(7)4-13-14-9/h1-4H,5H2,(H2,11,16)(H,12,13,14). The Morgan fingerprint density at radius 2 is 2.38 bits per heavy atom. The molecule has 3 rings (SSSR count). The lowest BCUT2D eigenvalue weighted by Crippen LogP contribution is -2.32. The molecule has 6 nitrogen and oxygen atoms in total. The van der Waals surface area contributed by atoms with Gasteiger partial charge in [-0.05, 0) is 17.2 Å². The van der Waals surface area contributed by atoms with Crippen LogP contribution in [0.5, 0.6) is 0 Å². The Morgan fingerprint density at radius 1 is 1.50 bits per heavy atom. The lowest BCUT2D eigenvalue weighted by atomic mass is 10.0. The zero-order valence-corrected chi connectivity index (χ0v) is 8.34. The Kier molecular flexibility index (Phi) is 1.70. The number of aromatic amines is 1. The summed E-state index contributed by atoms with van der Waals surface area (Å²) in [6, 6.07) is -0.464. The molecule has 2 aromatic heterocycles. The minimum atomic E-state index is -0.464. The number of primary amides is 1. The molecule has 0 radical (unpaired) electrons. The molecule has 0 saturated carbocycles. The Morgan fingerprint density at radius 3 is 3.19 bits per heavy atom. The largest absolute Gasteiger partial charge is 0.351 e. The second kappa shape index (κ2) is 3.06. The van der Waals surface area contributed by atoms with Crippen LogP contribution in [0.1, 0.15) is 11.1 Å². The molecular weight excluding hydrogens is 206 g/mol. The predicted octanol–water partition coefficient (Wildman–Crippen LogP) is 0.823. The molecule has 0 aliphatic carbocycles. The van der Waals surface area contributed by atoms with Crippen molar-refractivity contribution in [3.8, 4) is 0 Å². The first-order valence-corrected chi connectivity index (χ1v) is 4.81. The van der Waals surface area contributed by atoms with Crippen LogP contribution in [0, 0.1) is 0 Å². The van der Waals surface area contributed by atoms with Crippen molar-refractivity contribution >= 4 is 23.1 Å². The Balaban J connectivity index is 2.16. The van der Waals surface area contributed by atoms with Gasteiger partial charge in [-0.2, -0.15) is 5.10 Å². The van der Waals surface area contributed by atoms with E-state index < -0.39 is 6.03 Å². The summed E-state index contributed by atoms with van der Waals surface area (Å²) in [5.74, 6) is 0. The molecule has 0 atom stereocenters. The van der Waals surface area contributed by atoms with Gasteiger partial charge in [-0.1, -0.05) is 0 Å². The van der Waals surface area contributed by atoms with Gasteiger partial charge >= 0.3 is 6.03 Å². The SMILES string of the molecule is NC(=O)N1C=Cc2c(cnc3[nH]ncc23)C1. The van der Waals surface area contributed by atoms with Crippen LogP contribution in [0.25, 0.3) is 17.1 Å². The van der Waals surface area contributed by atoms with Crippen molar-refractivity contribution in [3.63, 3.8) is 0 Å². The summed E-state index contributed by atoms with van der Waals surface area (Å²) < 4.78 is 0. The van der Waals surface area contributed by atoms with Crippen LogP contribution in [0.2, 0.25) is 0 Å². The highest BCUT2D eigenvalue weighted by atomic mass is 16.2. The Bertz CT molecular complexity index is 600. The number of nitrogens with zero attached hydrogens (tertiary/aromatic N) is 3. The number of amides is 2. The summed E-state index contributed by atoms with van der Waals surface area (Å²) in [7, 11) is 0. The smallest absolute Gasteiger partial charge is 0.319 e. The number of fused-ring (bicyclic) bond motifs is 3. The number of rotatable bonds is 0. The van der Waals surface area contributed by atoms with Crippen LogP contribution in [0.3, 0.4) is 0 Å². The highest BCUT2D eigenvalue weighted by Gasteiger charge is 2.17. The van der Waals surface area contributed by atoms with Gasteiger partial charge in [-0.25, -0.2) is 9.78 Å². The fourth-order valence-corrected chi connectivity index (χ4v) is 1.83. The van der Waals surface area contributed by atoms with Gasteiger partial charge in [0.2, 0.25) is 0 Å². The van der Waals surface area contributed by atoms with Crippen molar-refractivity contribution in [1.29, 1.82) is 0 Å². The molecule has 80 valence electrons. The highest BCUT2D eigenvalue weighted by molar-refractivity contribution is 5.88. The predicted molar refractivity (Wildman–Crippen MR) is 58.0 cm³/mol. The summed E-state index contributed by atoms with van der Waals surface area (Å²) in [6.07, 6.45) is 6.99. The molecule has 0 fully saturated rings. The third kappa shape index (κ3) is 1.16. The van der Waals surface area contributed by atoms with Crippen LogP contribution in [-0.2, 0) is 6.54 Å². The monoisotopic (exact) mass is 215 g/mol. The van der Waals surface area contributed by atoms with Gasteiger partial charge in [-0.15, -0.1) is 0 Å². The quantitative estimate of drug-likeness (QED) is 0.682. The number of H-pyrrole nitrogens is 1. The van der Waals surface area contributed by atoms with Gasteiger partial charge in [0.1, 0.15) is 0 Å². The first-order valence-electron chi connectivity index (χ1n) is 4.81. The molecule has 2 aromatic rings. The number of nitrogens with one attached hydrogen (secondary N) is 1. The second-order valence-electron chi connectivity index (χ2n) is 3.61. The summed E-state index contributed by atoms with van der Waals surface area (Å²) >= 11 is 0. The summed E-state index contributed by atoms with van der Waals surface area (Å²) in [5, 5.41) is 7.70.